The second-order valence-corrected chi connectivity index (χ2v) is 6.51. The van der Waals surface area contributed by atoms with Crippen LogP contribution in [-0.4, -0.2) is 47.9 Å². The summed E-state index contributed by atoms with van der Waals surface area (Å²) in [7, 11) is 0. The van der Waals surface area contributed by atoms with Crippen molar-refractivity contribution in [3.63, 3.8) is 0 Å². The molecule has 0 saturated carbocycles. The fraction of sp³-hybridized carbons (Fsp3) is 0.588. The van der Waals surface area contributed by atoms with Crippen LogP contribution in [0.25, 0.3) is 0 Å². The molecule has 0 bridgehead atoms. The molecule has 2 N–H and O–H groups in total. The Kier molecular flexibility index (Phi) is 4.00. The van der Waals surface area contributed by atoms with E-state index in [4.69, 9.17) is 5.73 Å². The first-order valence-electron chi connectivity index (χ1n) is 7.97. The highest BCUT2D eigenvalue weighted by Crippen LogP contribution is 2.25. The van der Waals surface area contributed by atoms with E-state index in [-0.39, 0.29) is 5.91 Å². The number of amides is 1. The minimum absolute atomic E-state index is 0.0578. The zero-order chi connectivity index (χ0) is 14.9. The molecular weight excluding hydrogens is 262 g/mol. The van der Waals surface area contributed by atoms with Crippen LogP contribution in [0.15, 0.2) is 30.3 Å². The van der Waals surface area contributed by atoms with Gasteiger partial charge in [-0.25, -0.2) is 0 Å². The number of carbonyl (C=O) groups is 1. The van der Waals surface area contributed by atoms with Gasteiger partial charge in [0.25, 0.3) is 0 Å². The number of nitrogens with two attached hydrogens (primary N) is 1. The van der Waals surface area contributed by atoms with Crippen LogP contribution in [0, 0.1) is 0 Å². The number of rotatable bonds is 2. The highest BCUT2D eigenvalue weighted by Gasteiger charge is 2.37. The second kappa shape index (κ2) is 5.78. The molecule has 4 heteroatoms. The molecule has 2 fully saturated rings. The Balaban J connectivity index is 1.77. The van der Waals surface area contributed by atoms with E-state index < -0.39 is 5.54 Å². The van der Waals surface area contributed by atoms with Gasteiger partial charge in [0.2, 0.25) is 5.91 Å². The summed E-state index contributed by atoms with van der Waals surface area (Å²) in [6, 6.07) is 10.2. The molecule has 2 unspecified atom stereocenters. The van der Waals surface area contributed by atoms with Crippen molar-refractivity contribution < 1.29 is 4.79 Å². The molecule has 3 rings (SSSR count). The maximum atomic E-state index is 12.9. The molecule has 114 valence electrons. The normalized spacial score (nSPS) is 26.0. The van der Waals surface area contributed by atoms with Crippen molar-refractivity contribution in [3.8, 4) is 0 Å². The highest BCUT2D eigenvalue weighted by molar-refractivity contribution is 5.87. The molecule has 2 aliphatic rings. The van der Waals surface area contributed by atoms with E-state index in [0.29, 0.717) is 6.04 Å². The molecule has 1 aromatic rings. The molecule has 1 amide bonds. The van der Waals surface area contributed by atoms with Crippen LogP contribution in [0.5, 0.6) is 0 Å². The number of fused-ring (bicyclic) bond motifs is 1. The van der Waals surface area contributed by atoms with Crippen LogP contribution < -0.4 is 5.73 Å². The molecule has 1 aromatic carbocycles. The Bertz CT molecular complexity index is 500. The zero-order valence-corrected chi connectivity index (χ0v) is 12.8. The topological polar surface area (TPSA) is 49.6 Å². The van der Waals surface area contributed by atoms with Crippen LogP contribution in [0.3, 0.4) is 0 Å². The number of carbonyl (C=O) groups excluding carboxylic acids is 1. The summed E-state index contributed by atoms with van der Waals surface area (Å²) in [6.07, 6.45) is 3.51. The first-order chi connectivity index (χ1) is 10.1. The van der Waals surface area contributed by atoms with E-state index in [2.05, 4.69) is 4.90 Å². The molecule has 21 heavy (non-hydrogen) atoms. The Hall–Kier alpha value is -1.39. The first kappa shape index (κ1) is 14.5. The van der Waals surface area contributed by atoms with Gasteiger partial charge in [-0.1, -0.05) is 30.3 Å². The van der Waals surface area contributed by atoms with Crippen molar-refractivity contribution in [1.29, 1.82) is 0 Å². The van der Waals surface area contributed by atoms with Crippen molar-refractivity contribution in [2.24, 2.45) is 5.73 Å². The number of hydrogen-bond acceptors (Lipinski definition) is 3. The summed E-state index contributed by atoms with van der Waals surface area (Å²) >= 11 is 0. The van der Waals surface area contributed by atoms with Gasteiger partial charge in [0.05, 0.1) is 0 Å². The average molecular weight is 287 g/mol. The molecular formula is C17H25N3O. The van der Waals surface area contributed by atoms with Crippen molar-refractivity contribution in [2.45, 2.75) is 37.8 Å². The summed E-state index contributed by atoms with van der Waals surface area (Å²) in [6.45, 7) is 5.79. The third kappa shape index (κ3) is 2.83. The molecule has 2 atom stereocenters. The summed E-state index contributed by atoms with van der Waals surface area (Å²) in [5.74, 6) is 0.0578. The van der Waals surface area contributed by atoms with Crippen molar-refractivity contribution >= 4 is 5.91 Å². The van der Waals surface area contributed by atoms with Gasteiger partial charge in [0.1, 0.15) is 5.54 Å². The summed E-state index contributed by atoms with van der Waals surface area (Å²) in [5.41, 5.74) is 6.35. The van der Waals surface area contributed by atoms with Crippen LogP contribution in [-0.2, 0) is 10.3 Å². The predicted octanol–water partition coefficient (Wildman–Crippen LogP) is 1.56. The van der Waals surface area contributed by atoms with Crippen LogP contribution in [0.2, 0.25) is 0 Å². The van der Waals surface area contributed by atoms with Gasteiger partial charge in [0.15, 0.2) is 0 Å². The van der Waals surface area contributed by atoms with E-state index in [0.717, 1.165) is 31.6 Å². The monoisotopic (exact) mass is 287 g/mol. The Labute approximate surface area is 126 Å². The number of hydrogen-bond donors (Lipinski definition) is 1. The lowest BCUT2D eigenvalue weighted by atomic mass is 9.91. The Morgan fingerprint density at radius 2 is 1.90 bits per heavy atom. The zero-order valence-electron chi connectivity index (χ0n) is 12.8. The standard InChI is InChI=1S/C17H25N3O/c1-17(18,14-7-3-2-4-8-14)16(21)20-12-6-11-19-10-5-9-15(19)13-20/h2-4,7-8,15H,5-6,9-13,18H2,1H3. The molecule has 2 aliphatic heterocycles. The minimum Gasteiger partial charge on any atom is -0.339 e. The van der Waals surface area contributed by atoms with Gasteiger partial charge in [-0.2, -0.15) is 0 Å². The average Bonchev–Trinajstić information content (AvgIpc) is 2.84. The van der Waals surface area contributed by atoms with Gasteiger partial charge >= 0.3 is 0 Å². The molecule has 0 aliphatic carbocycles. The molecule has 0 radical (unpaired) electrons. The number of benzene rings is 1. The molecule has 0 aromatic heterocycles. The fourth-order valence-corrected chi connectivity index (χ4v) is 3.63. The van der Waals surface area contributed by atoms with Gasteiger partial charge in [-0.3, -0.25) is 9.69 Å². The van der Waals surface area contributed by atoms with E-state index in [1.54, 1.807) is 0 Å². The van der Waals surface area contributed by atoms with Gasteiger partial charge in [0, 0.05) is 25.7 Å². The lowest BCUT2D eigenvalue weighted by Gasteiger charge is -2.33. The van der Waals surface area contributed by atoms with E-state index in [1.807, 2.05) is 42.2 Å². The molecule has 0 spiro atoms. The highest BCUT2D eigenvalue weighted by atomic mass is 16.2. The summed E-state index contributed by atoms with van der Waals surface area (Å²) in [4.78, 5) is 17.5. The molecule has 4 nitrogen and oxygen atoms in total. The predicted molar refractivity (Wildman–Crippen MR) is 83.8 cm³/mol. The van der Waals surface area contributed by atoms with Crippen molar-refractivity contribution in [3.05, 3.63) is 35.9 Å². The van der Waals surface area contributed by atoms with Crippen LogP contribution >= 0.6 is 0 Å². The molecule has 2 saturated heterocycles. The largest absolute Gasteiger partial charge is 0.339 e. The third-order valence-electron chi connectivity index (χ3n) is 4.91. The third-order valence-corrected chi connectivity index (χ3v) is 4.91. The summed E-state index contributed by atoms with van der Waals surface area (Å²) in [5, 5.41) is 0. The quantitative estimate of drug-likeness (QED) is 0.898. The maximum Gasteiger partial charge on any atom is 0.247 e. The lowest BCUT2D eigenvalue weighted by molar-refractivity contribution is -0.137. The number of nitrogens with zero attached hydrogens (tertiary/aromatic N) is 2. The van der Waals surface area contributed by atoms with E-state index in [1.165, 1.54) is 19.4 Å². The van der Waals surface area contributed by atoms with E-state index in [9.17, 15) is 4.79 Å². The second-order valence-electron chi connectivity index (χ2n) is 6.51. The van der Waals surface area contributed by atoms with Gasteiger partial charge in [-0.05, 0) is 38.3 Å². The van der Waals surface area contributed by atoms with E-state index >= 15 is 0 Å². The van der Waals surface area contributed by atoms with Crippen molar-refractivity contribution in [1.82, 2.24) is 9.80 Å². The minimum atomic E-state index is -0.935. The Morgan fingerprint density at radius 3 is 2.67 bits per heavy atom. The Morgan fingerprint density at radius 1 is 1.19 bits per heavy atom. The van der Waals surface area contributed by atoms with Crippen molar-refractivity contribution in [2.75, 3.05) is 26.2 Å². The van der Waals surface area contributed by atoms with Gasteiger partial charge in [-0.15, -0.1) is 0 Å². The van der Waals surface area contributed by atoms with Gasteiger partial charge < -0.3 is 10.6 Å². The smallest absolute Gasteiger partial charge is 0.247 e. The van der Waals surface area contributed by atoms with Crippen LogP contribution in [0.4, 0.5) is 0 Å². The SMILES string of the molecule is CC(N)(C(=O)N1CCCN2CCCC2C1)c1ccccc1. The molecule has 2 heterocycles. The first-order valence-corrected chi connectivity index (χ1v) is 7.97. The fourth-order valence-electron chi connectivity index (χ4n) is 3.63. The maximum absolute atomic E-state index is 12.9. The lowest BCUT2D eigenvalue weighted by Crippen LogP contribution is -2.52. The van der Waals surface area contributed by atoms with Crippen LogP contribution in [0.1, 0.15) is 31.7 Å². The summed E-state index contributed by atoms with van der Waals surface area (Å²) < 4.78 is 0.